The maximum absolute atomic E-state index is 12.2. The van der Waals surface area contributed by atoms with Gasteiger partial charge in [0.25, 0.3) is 0 Å². The van der Waals surface area contributed by atoms with E-state index in [-0.39, 0.29) is 5.91 Å². The lowest BCUT2D eigenvalue weighted by Crippen LogP contribution is -2.13. The molecular formula is C19H23NO2. The first-order valence-corrected chi connectivity index (χ1v) is 7.68. The van der Waals surface area contributed by atoms with Gasteiger partial charge >= 0.3 is 0 Å². The molecule has 3 nitrogen and oxygen atoms in total. The van der Waals surface area contributed by atoms with E-state index in [2.05, 4.69) is 5.32 Å². The summed E-state index contributed by atoms with van der Waals surface area (Å²) < 4.78 is 5.59. The smallest absolute Gasteiger partial charge is 0.224 e. The quantitative estimate of drug-likeness (QED) is 0.864. The van der Waals surface area contributed by atoms with Crippen LogP contribution in [0.2, 0.25) is 0 Å². The van der Waals surface area contributed by atoms with Crippen molar-refractivity contribution in [1.82, 2.24) is 0 Å². The molecule has 0 aliphatic carbocycles. The van der Waals surface area contributed by atoms with E-state index in [9.17, 15) is 4.79 Å². The monoisotopic (exact) mass is 297 g/mol. The zero-order valence-corrected chi connectivity index (χ0v) is 13.5. The Hall–Kier alpha value is -2.29. The number of para-hydroxylation sites is 1. The van der Waals surface area contributed by atoms with Crippen LogP contribution in [0, 0.1) is 13.8 Å². The SMILES string of the molecule is CCOc1ccccc1CCC(=O)Nc1cccc(C)c1C. The normalized spacial score (nSPS) is 10.3. The predicted molar refractivity (Wildman–Crippen MR) is 90.5 cm³/mol. The lowest BCUT2D eigenvalue weighted by atomic mass is 10.1. The van der Waals surface area contributed by atoms with Crippen molar-refractivity contribution in [3.8, 4) is 5.75 Å². The topological polar surface area (TPSA) is 38.3 Å². The Kier molecular flexibility index (Phi) is 5.59. The average Bonchev–Trinajstić information content (AvgIpc) is 2.51. The van der Waals surface area contributed by atoms with Crippen LogP contribution in [-0.2, 0) is 11.2 Å². The van der Waals surface area contributed by atoms with Crippen molar-refractivity contribution in [3.05, 3.63) is 59.2 Å². The van der Waals surface area contributed by atoms with E-state index in [4.69, 9.17) is 4.74 Å². The lowest BCUT2D eigenvalue weighted by Gasteiger charge is -2.12. The zero-order valence-electron chi connectivity index (χ0n) is 13.5. The summed E-state index contributed by atoms with van der Waals surface area (Å²) in [6.07, 6.45) is 1.12. The Balaban J connectivity index is 1.97. The van der Waals surface area contributed by atoms with Crippen molar-refractivity contribution in [1.29, 1.82) is 0 Å². The summed E-state index contributed by atoms with van der Waals surface area (Å²) in [7, 11) is 0. The molecule has 2 aromatic carbocycles. The predicted octanol–water partition coefficient (Wildman–Crippen LogP) is 4.27. The van der Waals surface area contributed by atoms with Gasteiger partial charge < -0.3 is 10.1 Å². The number of ether oxygens (including phenoxy) is 1. The van der Waals surface area contributed by atoms with Crippen molar-refractivity contribution in [3.63, 3.8) is 0 Å². The fraction of sp³-hybridized carbons (Fsp3) is 0.316. The molecule has 1 N–H and O–H groups in total. The fourth-order valence-corrected chi connectivity index (χ4v) is 2.35. The van der Waals surface area contributed by atoms with Crippen molar-refractivity contribution in [2.45, 2.75) is 33.6 Å². The van der Waals surface area contributed by atoms with E-state index in [1.807, 2.05) is 63.2 Å². The maximum Gasteiger partial charge on any atom is 0.224 e. The minimum atomic E-state index is 0.0278. The second-order valence-electron chi connectivity index (χ2n) is 5.34. The summed E-state index contributed by atoms with van der Waals surface area (Å²) in [6.45, 7) is 6.66. The maximum atomic E-state index is 12.2. The van der Waals surface area contributed by atoms with E-state index >= 15 is 0 Å². The molecule has 0 radical (unpaired) electrons. The van der Waals surface area contributed by atoms with Gasteiger partial charge in [-0.3, -0.25) is 4.79 Å². The highest BCUT2D eigenvalue weighted by molar-refractivity contribution is 5.91. The third-order valence-corrected chi connectivity index (χ3v) is 3.77. The largest absolute Gasteiger partial charge is 0.494 e. The molecule has 2 rings (SSSR count). The second-order valence-corrected chi connectivity index (χ2v) is 5.34. The Bertz CT molecular complexity index is 650. The number of aryl methyl sites for hydroxylation is 2. The standard InChI is InChI=1S/C19H23NO2/c1-4-22-18-11-6-5-9-16(18)12-13-19(21)20-17-10-7-8-14(2)15(17)3/h5-11H,4,12-13H2,1-3H3,(H,20,21). The van der Waals surface area contributed by atoms with E-state index in [0.717, 1.165) is 22.6 Å². The van der Waals surface area contributed by atoms with Crippen LogP contribution >= 0.6 is 0 Å². The Labute approximate surface area is 132 Å². The van der Waals surface area contributed by atoms with Crippen LogP contribution in [0.25, 0.3) is 0 Å². The number of carbonyl (C=O) groups excluding carboxylic acids is 1. The number of anilines is 1. The molecule has 0 atom stereocenters. The Morgan fingerprint density at radius 1 is 1.09 bits per heavy atom. The fourth-order valence-electron chi connectivity index (χ4n) is 2.35. The molecular weight excluding hydrogens is 274 g/mol. The number of benzene rings is 2. The molecule has 116 valence electrons. The summed E-state index contributed by atoms with van der Waals surface area (Å²) in [5, 5.41) is 2.99. The van der Waals surface area contributed by atoms with Crippen molar-refractivity contribution >= 4 is 11.6 Å². The molecule has 0 bridgehead atoms. The molecule has 0 unspecified atom stereocenters. The van der Waals surface area contributed by atoms with Gasteiger partial charge in [0.15, 0.2) is 0 Å². The van der Waals surface area contributed by atoms with Gasteiger partial charge in [-0.2, -0.15) is 0 Å². The van der Waals surface area contributed by atoms with Gasteiger partial charge in [0.1, 0.15) is 5.75 Å². The molecule has 1 amide bonds. The molecule has 2 aromatic rings. The van der Waals surface area contributed by atoms with Crippen LogP contribution in [0.1, 0.15) is 30.0 Å². The number of amides is 1. The molecule has 0 saturated heterocycles. The first-order valence-electron chi connectivity index (χ1n) is 7.68. The van der Waals surface area contributed by atoms with E-state index < -0.39 is 0 Å². The van der Waals surface area contributed by atoms with Crippen molar-refractivity contribution in [2.24, 2.45) is 0 Å². The van der Waals surface area contributed by atoms with Crippen LogP contribution in [-0.4, -0.2) is 12.5 Å². The third-order valence-electron chi connectivity index (χ3n) is 3.77. The van der Waals surface area contributed by atoms with Crippen LogP contribution in [0.4, 0.5) is 5.69 Å². The first kappa shape index (κ1) is 16.1. The summed E-state index contributed by atoms with van der Waals surface area (Å²) >= 11 is 0. The van der Waals surface area contributed by atoms with Crippen LogP contribution < -0.4 is 10.1 Å². The number of hydrogen-bond acceptors (Lipinski definition) is 2. The summed E-state index contributed by atoms with van der Waals surface area (Å²) in [6, 6.07) is 13.8. The van der Waals surface area contributed by atoms with Crippen molar-refractivity contribution in [2.75, 3.05) is 11.9 Å². The van der Waals surface area contributed by atoms with Gasteiger partial charge in [0, 0.05) is 12.1 Å². The highest BCUT2D eigenvalue weighted by Crippen LogP contribution is 2.21. The molecule has 0 heterocycles. The van der Waals surface area contributed by atoms with Gasteiger partial charge in [-0.05, 0) is 56.0 Å². The van der Waals surface area contributed by atoms with Crippen LogP contribution in [0.3, 0.4) is 0 Å². The van der Waals surface area contributed by atoms with Crippen LogP contribution in [0.5, 0.6) is 5.75 Å². The number of nitrogens with one attached hydrogen (secondary N) is 1. The molecule has 0 fully saturated rings. The molecule has 3 heteroatoms. The number of carbonyl (C=O) groups is 1. The van der Waals surface area contributed by atoms with Crippen LogP contribution in [0.15, 0.2) is 42.5 Å². The van der Waals surface area contributed by atoms with Gasteiger partial charge in [0.05, 0.1) is 6.61 Å². The number of hydrogen-bond donors (Lipinski definition) is 1. The van der Waals surface area contributed by atoms with Gasteiger partial charge in [-0.15, -0.1) is 0 Å². The van der Waals surface area contributed by atoms with Gasteiger partial charge in [-0.1, -0.05) is 30.3 Å². The van der Waals surface area contributed by atoms with Crippen molar-refractivity contribution < 1.29 is 9.53 Å². The second kappa shape index (κ2) is 7.64. The summed E-state index contributed by atoms with van der Waals surface area (Å²) in [5.41, 5.74) is 4.26. The molecule has 22 heavy (non-hydrogen) atoms. The minimum absolute atomic E-state index is 0.0278. The Morgan fingerprint density at radius 3 is 2.64 bits per heavy atom. The van der Waals surface area contributed by atoms with E-state index in [1.165, 1.54) is 5.56 Å². The average molecular weight is 297 g/mol. The lowest BCUT2D eigenvalue weighted by molar-refractivity contribution is -0.116. The molecule has 0 aliphatic heterocycles. The van der Waals surface area contributed by atoms with E-state index in [0.29, 0.717) is 19.4 Å². The molecule has 0 saturated carbocycles. The minimum Gasteiger partial charge on any atom is -0.494 e. The zero-order chi connectivity index (χ0) is 15.9. The highest BCUT2D eigenvalue weighted by atomic mass is 16.5. The van der Waals surface area contributed by atoms with Gasteiger partial charge in [-0.25, -0.2) is 0 Å². The highest BCUT2D eigenvalue weighted by Gasteiger charge is 2.08. The summed E-state index contributed by atoms with van der Waals surface area (Å²) in [5.74, 6) is 0.893. The Morgan fingerprint density at radius 2 is 1.86 bits per heavy atom. The first-order chi connectivity index (χ1) is 10.6. The molecule has 0 aliphatic rings. The van der Waals surface area contributed by atoms with Gasteiger partial charge in [0.2, 0.25) is 5.91 Å². The third kappa shape index (κ3) is 4.10. The molecule has 0 aromatic heterocycles. The molecule has 0 spiro atoms. The van der Waals surface area contributed by atoms with E-state index in [1.54, 1.807) is 0 Å². The summed E-state index contributed by atoms with van der Waals surface area (Å²) in [4.78, 5) is 12.2. The number of rotatable bonds is 6.